The normalized spacial score (nSPS) is 17.5. The Kier molecular flexibility index (Phi) is 7.01. The first-order valence-corrected chi connectivity index (χ1v) is 6.28. The van der Waals surface area contributed by atoms with E-state index in [0.717, 1.165) is 31.3 Å². The molecule has 0 saturated heterocycles. The Hall–Kier alpha value is -0.770. The lowest BCUT2D eigenvalue weighted by Gasteiger charge is -2.10. The fourth-order valence-corrected chi connectivity index (χ4v) is 1.94. The summed E-state index contributed by atoms with van der Waals surface area (Å²) in [5.41, 5.74) is 0.866. The molecule has 17 heavy (non-hydrogen) atoms. The Bertz CT molecular complexity index is 262. The van der Waals surface area contributed by atoms with Crippen molar-refractivity contribution in [2.45, 2.75) is 51.4 Å². The highest BCUT2D eigenvalue weighted by molar-refractivity contribution is 5.95. The summed E-state index contributed by atoms with van der Waals surface area (Å²) >= 11 is 0. The Morgan fingerprint density at radius 1 is 1.29 bits per heavy atom. The molecular weight excluding hydrogens is 226 g/mol. The van der Waals surface area contributed by atoms with Gasteiger partial charge in [0.05, 0.1) is 6.61 Å². The topological polar surface area (TPSA) is 26.3 Å². The molecule has 0 radical (unpaired) electrons. The molecule has 4 heteroatoms. The van der Waals surface area contributed by atoms with Crippen molar-refractivity contribution in [3.63, 3.8) is 0 Å². The van der Waals surface area contributed by atoms with Crippen molar-refractivity contribution in [3.05, 3.63) is 11.6 Å². The van der Waals surface area contributed by atoms with E-state index < -0.39 is 13.0 Å². The number of ketones is 1. The van der Waals surface area contributed by atoms with Crippen molar-refractivity contribution in [2.24, 2.45) is 0 Å². The summed E-state index contributed by atoms with van der Waals surface area (Å²) in [6.45, 7) is -0.479. The molecule has 0 spiro atoms. The molecule has 0 aliphatic heterocycles. The first kappa shape index (κ1) is 14.3. The fourth-order valence-electron chi connectivity index (χ4n) is 1.94. The maximum atomic E-state index is 11.8. The van der Waals surface area contributed by atoms with Gasteiger partial charge in [0, 0.05) is 6.42 Å². The molecule has 0 N–H and O–H groups in total. The first-order chi connectivity index (χ1) is 8.20. The summed E-state index contributed by atoms with van der Waals surface area (Å²) in [4.78, 5) is 11.8. The molecule has 0 unspecified atom stereocenters. The van der Waals surface area contributed by atoms with E-state index >= 15 is 0 Å². The van der Waals surface area contributed by atoms with Crippen LogP contribution in [0.1, 0.15) is 44.9 Å². The first-order valence-electron chi connectivity index (χ1n) is 6.28. The van der Waals surface area contributed by atoms with Gasteiger partial charge in [0.1, 0.15) is 6.61 Å². The van der Waals surface area contributed by atoms with Crippen molar-refractivity contribution in [1.82, 2.24) is 0 Å². The molecule has 0 aromatic carbocycles. The molecule has 0 bridgehead atoms. The molecule has 1 rings (SSSR count). The van der Waals surface area contributed by atoms with Gasteiger partial charge in [-0.25, -0.2) is 8.78 Å². The minimum atomic E-state index is -2.45. The molecule has 0 heterocycles. The van der Waals surface area contributed by atoms with Gasteiger partial charge in [0.15, 0.2) is 5.78 Å². The van der Waals surface area contributed by atoms with Gasteiger partial charge in [0.25, 0.3) is 6.43 Å². The Labute approximate surface area is 101 Å². The second-order valence-corrected chi connectivity index (χ2v) is 4.32. The van der Waals surface area contributed by atoms with Crippen LogP contribution in [-0.4, -0.2) is 25.4 Å². The number of hydrogen-bond donors (Lipinski definition) is 0. The van der Waals surface area contributed by atoms with Crippen LogP contribution >= 0.6 is 0 Å². The van der Waals surface area contributed by atoms with E-state index in [0.29, 0.717) is 0 Å². The van der Waals surface area contributed by atoms with Crippen LogP contribution in [0.5, 0.6) is 0 Å². The van der Waals surface area contributed by atoms with Gasteiger partial charge in [0.2, 0.25) is 0 Å². The molecule has 1 aliphatic rings. The van der Waals surface area contributed by atoms with Gasteiger partial charge in [-0.1, -0.05) is 18.9 Å². The standard InChI is InChI=1S/C13H20F2O2/c14-13(15)10-17-9-8-12(16)11-6-4-2-1-3-5-7-11/h6,13H,1-5,7-10H2. The lowest BCUT2D eigenvalue weighted by atomic mass is 9.96. The number of rotatable bonds is 6. The summed E-state index contributed by atoms with van der Waals surface area (Å²) in [6.07, 6.45) is 6.15. The Balaban J connectivity index is 2.25. The van der Waals surface area contributed by atoms with Crippen molar-refractivity contribution in [3.8, 4) is 0 Å². The highest BCUT2D eigenvalue weighted by Crippen LogP contribution is 2.18. The highest BCUT2D eigenvalue weighted by atomic mass is 19.3. The van der Waals surface area contributed by atoms with Gasteiger partial charge in [-0.15, -0.1) is 0 Å². The number of carbonyl (C=O) groups excluding carboxylic acids is 1. The molecule has 1 aliphatic carbocycles. The summed E-state index contributed by atoms with van der Waals surface area (Å²) in [6, 6.07) is 0. The molecule has 0 saturated carbocycles. The lowest BCUT2D eigenvalue weighted by Crippen LogP contribution is -2.11. The average Bonchev–Trinajstić information content (AvgIpc) is 2.23. The molecule has 0 fully saturated rings. The van der Waals surface area contributed by atoms with Crippen molar-refractivity contribution in [1.29, 1.82) is 0 Å². The lowest BCUT2D eigenvalue weighted by molar-refractivity contribution is -0.117. The maximum Gasteiger partial charge on any atom is 0.261 e. The smallest absolute Gasteiger partial charge is 0.261 e. The molecule has 98 valence electrons. The monoisotopic (exact) mass is 246 g/mol. The van der Waals surface area contributed by atoms with Gasteiger partial charge in [-0.2, -0.15) is 0 Å². The van der Waals surface area contributed by atoms with Crippen LogP contribution in [0.15, 0.2) is 11.6 Å². The quantitative estimate of drug-likeness (QED) is 0.670. The minimum absolute atomic E-state index is 0.0566. The Morgan fingerprint density at radius 2 is 2.06 bits per heavy atom. The summed E-state index contributed by atoms with van der Waals surface area (Å²) in [5, 5.41) is 0. The van der Waals surface area contributed by atoms with E-state index in [9.17, 15) is 13.6 Å². The third-order valence-electron chi connectivity index (χ3n) is 2.87. The van der Waals surface area contributed by atoms with Crippen molar-refractivity contribution in [2.75, 3.05) is 13.2 Å². The summed E-state index contributed by atoms with van der Waals surface area (Å²) < 4.78 is 28.3. The van der Waals surface area contributed by atoms with Gasteiger partial charge < -0.3 is 4.74 Å². The zero-order valence-corrected chi connectivity index (χ0v) is 10.1. The Morgan fingerprint density at radius 3 is 2.82 bits per heavy atom. The van der Waals surface area contributed by atoms with Crippen LogP contribution in [0.4, 0.5) is 8.78 Å². The second kappa shape index (κ2) is 8.34. The van der Waals surface area contributed by atoms with E-state index in [1.165, 1.54) is 12.8 Å². The zero-order valence-electron chi connectivity index (χ0n) is 10.1. The number of Topliss-reactive ketones (excluding diaryl/α,β-unsaturated/α-hetero) is 1. The van der Waals surface area contributed by atoms with E-state index in [-0.39, 0.29) is 18.8 Å². The van der Waals surface area contributed by atoms with E-state index in [1.54, 1.807) is 0 Å². The molecular formula is C13H20F2O2. The maximum absolute atomic E-state index is 11.8. The molecule has 0 amide bonds. The molecule has 0 aromatic heterocycles. The average molecular weight is 246 g/mol. The largest absolute Gasteiger partial charge is 0.375 e. The van der Waals surface area contributed by atoms with Crippen LogP contribution in [0, 0.1) is 0 Å². The number of alkyl halides is 2. The molecule has 2 nitrogen and oxygen atoms in total. The van der Waals surface area contributed by atoms with Crippen molar-refractivity contribution < 1.29 is 18.3 Å². The minimum Gasteiger partial charge on any atom is -0.375 e. The predicted octanol–water partition coefficient (Wildman–Crippen LogP) is 3.51. The number of allylic oxidation sites excluding steroid dienone is 2. The molecule has 0 atom stereocenters. The van der Waals surface area contributed by atoms with E-state index in [2.05, 4.69) is 0 Å². The van der Waals surface area contributed by atoms with E-state index in [4.69, 9.17) is 4.74 Å². The van der Waals surface area contributed by atoms with Crippen LogP contribution < -0.4 is 0 Å². The van der Waals surface area contributed by atoms with E-state index in [1.807, 2.05) is 6.08 Å². The van der Waals surface area contributed by atoms with Crippen LogP contribution in [0.2, 0.25) is 0 Å². The van der Waals surface area contributed by atoms with Gasteiger partial charge in [-0.3, -0.25) is 4.79 Å². The SMILES string of the molecule is O=C(CCOCC(F)F)C1=CCCCCCC1. The van der Waals surface area contributed by atoms with Gasteiger partial charge >= 0.3 is 0 Å². The number of halogens is 2. The number of carbonyl (C=O) groups is 1. The van der Waals surface area contributed by atoms with Gasteiger partial charge in [-0.05, 0) is 31.3 Å². The van der Waals surface area contributed by atoms with Crippen LogP contribution in [-0.2, 0) is 9.53 Å². The number of hydrogen-bond acceptors (Lipinski definition) is 2. The predicted molar refractivity (Wildman–Crippen MR) is 62.2 cm³/mol. The summed E-state index contributed by atoms with van der Waals surface area (Å²) in [7, 11) is 0. The summed E-state index contributed by atoms with van der Waals surface area (Å²) in [5.74, 6) is 0.0566. The molecule has 0 aromatic rings. The third-order valence-corrected chi connectivity index (χ3v) is 2.87. The third kappa shape index (κ3) is 6.51. The fraction of sp³-hybridized carbons (Fsp3) is 0.769. The highest BCUT2D eigenvalue weighted by Gasteiger charge is 2.11. The zero-order chi connectivity index (χ0) is 12.5. The number of ether oxygens (including phenoxy) is 1. The second-order valence-electron chi connectivity index (χ2n) is 4.32. The van der Waals surface area contributed by atoms with Crippen molar-refractivity contribution >= 4 is 5.78 Å². The van der Waals surface area contributed by atoms with Crippen LogP contribution in [0.3, 0.4) is 0 Å². The van der Waals surface area contributed by atoms with Crippen LogP contribution in [0.25, 0.3) is 0 Å².